The van der Waals surface area contributed by atoms with Crippen LogP contribution in [-0.2, 0) is 14.3 Å². The zero-order valence-corrected chi connectivity index (χ0v) is 18.3. The average Bonchev–Trinajstić information content (AvgIpc) is 3.50. The van der Waals surface area contributed by atoms with Crippen LogP contribution >= 0.6 is 0 Å². The number of hydroxylamine groups is 1. The van der Waals surface area contributed by atoms with Gasteiger partial charge in [-0.1, -0.05) is 12.1 Å². The van der Waals surface area contributed by atoms with Gasteiger partial charge >= 0.3 is 6.09 Å². The van der Waals surface area contributed by atoms with Gasteiger partial charge in [0.25, 0.3) is 0 Å². The summed E-state index contributed by atoms with van der Waals surface area (Å²) >= 11 is 0. The van der Waals surface area contributed by atoms with Crippen molar-refractivity contribution in [2.24, 2.45) is 5.92 Å². The van der Waals surface area contributed by atoms with E-state index in [0.29, 0.717) is 25.6 Å². The lowest BCUT2D eigenvalue weighted by Gasteiger charge is -2.33. The molecule has 0 spiro atoms. The first-order valence-corrected chi connectivity index (χ1v) is 11.0. The smallest absolute Gasteiger partial charge is 0.409 e. The Morgan fingerprint density at radius 3 is 2.81 bits per heavy atom. The Balaban J connectivity index is 1.27. The van der Waals surface area contributed by atoms with Gasteiger partial charge in [0, 0.05) is 24.9 Å². The molecule has 2 aromatic rings. The fourth-order valence-electron chi connectivity index (χ4n) is 4.99. The highest BCUT2D eigenvalue weighted by Gasteiger charge is 2.36. The number of fused-ring (bicyclic) bond motifs is 1. The summed E-state index contributed by atoms with van der Waals surface area (Å²) in [4.78, 5) is 19.4. The Labute approximate surface area is 181 Å². The summed E-state index contributed by atoms with van der Waals surface area (Å²) in [5.41, 5.74) is 5.22. The number of hydrogen-bond acceptors (Lipinski definition) is 7. The van der Waals surface area contributed by atoms with Gasteiger partial charge in [-0.05, 0) is 44.2 Å². The third-order valence-corrected chi connectivity index (χ3v) is 6.75. The summed E-state index contributed by atoms with van der Waals surface area (Å²) in [5.74, 6) is 0.387. The average molecular weight is 430 g/mol. The van der Waals surface area contributed by atoms with Crippen LogP contribution in [0.25, 0.3) is 10.9 Å². The van der Waals surface area contributed by atoms with Crippen molar-refractivity contribution >= 4 is 17.0 Å². The predicted molar refractivity (Wildman–Crippen MR) is 114 cm³/mol. The van der Waals surface area contributed by atoms with Crippen LogP contribution in [0, 0.1) is 5.92 Å². The molecule has 5 rings (SSSR count). The first kappa shape index (κ1) is 20.7. The summed E-state index contributed by atoms with van der Waals surface area (Å²) in [7, 11) is 1.43. The monoisotopic (exact) mass is 429 g/mol. The predicted octanol–water partition coefficient (Wildman–Crippen LogP) is 2.70. The molecule has 3 atom stereocenters. The quantitative estimate of drug-likeness (QED) is 0.775. The molecule has 3 aliphatic heterocycles. The van der Waals surface area contributed by atoms with Crippen LogP contribution in [0.1, 0.15) is 50.9 Å². The zero-order chi connectivity index (χ0) is 21.6. The molecule has 3 unspecified atom stereocenters. The number of piperidine rings is 1. The molecule has 3 aliphatic rings. The lowest BCUT2D eigenvalue weighted by Crippen LogP contribution is -2.46. The van der Waals surface area contributed by atoms with Gasteiger partial charge in [-0.25, -0.2) is 4.79 Å². The summed E-state index contributed by atoms with van der Waals surface area (Å²) < 4.78 is 12.8. The van der Waals surface area contributed by atoms with Crippen molar-refractivity contribution in [3.63, 3.8) is 0 Å². The maximum Gasteiger partial charge on any atom is 0.409 e. The summed E-state index contributed by atoms with van der Waals surface area (Å²) in [5, 5.41) is 9.33. The van der Waals surface area contributed by atoms with Gasteiger partial charge in [-0.2, -0.15) is 10.6 Å². The van der Waals surface area contributed by atoms with Crippen LogP contribution in [0.2, 0.25) is 0 Å². The second-order valence-corrected chi connectivity index (χ2v) is 9.39. The number of carbonyl (C=O) groups is 1. The Morgan fingerprint density at radius 1 is 1.29 bits per heavy atom. The number of hydrogen-bond donors (Lipinski definition) is 2. The van der Waals surface area contributed by atoms with Crippen LogP contribution in [0.4, 0.5) is 4.79 Å². The molecule has 3 fully saturated rings. The van der Waals surface area contributed by atoms with Crippen molar-refractivity contribution in [3.05, 3.63) is 30.0 Å². The minimum absolute atomic E-state index is 0.0504. The topological polar surface area (TPSA) is 89.9 Å². The molecule has 168 valence electrons. The molecule has 4 heterocycles. The second kappa shape index (κ2) is 8.05. The zero-order valence-electron chi connectivity index (χ0n) is 18.3. The number of nitrogens with one attached hydrogen (secondary N) is 2. The van der Waals surface area contributed by atoms with E-state index >= 15 is 0 Å². The molecule has 1 aromatic carbocycles. The number of likely N-dealkylation sites (tertiary alicyclic amines) is 1. The third-order valence-electron chi connectivity index (χ3n) is 6.75. The van der Waals surface area contributed by atoms with Crippen molar-refractivity contribution in [1.82, 2.24) is 25.5 Å². The van der Waals surface area contributed by atoms with E-state index in [1.165, 1.54) is 7.11 Å². The first-order chi connectivity index (χ1) is 14.9. The fraction of sp³-hybridized carbons (Fsp3) is 0.636. The van der Waals surface area contributed by atoms with E-state index in [0.717, 1.165) is 35.7 Å². The molecule has 1 aromatic heterocycles. The summed E-state index contributed by atoms with van der Waals surface area (Å²) in [6.07, 6.45) is 4.24. The second-order valence-electron chi connectivity index (χ2n) is 9.39. The molecular formula is C22H31N5O4. The standard InChI is InChI=1S/C22H31N5O4/c1-22(2)11-17(13-30-22)27-18-10-15(4-5-16(18)12-23-27)20-24-19(25-31-20)14-6-8-26(9-7-14)21(28)29-3/h4-5,10,12,14,17,19-20,24-25H,6-9,11,13H2,1-3H3. The molecule has 9 nitrogen and oxygen atoms in total. The fourth-order valence-corrected chi connectivity index (χ4v) is 4.99. The number of benzene rings is 1. The lowest BCUT2D eigenvalue weighted by molar-refractivity contribution is 0.0139. The number of aromatic nitrogens is 2. The maximum atomic E-state index is 11.7. The molecule has 0 radical (unpaired) electrons. The number of methoxy groups -OCH3 is 1. The molecular weight excluding hydrogens is 398 g/mol. The molecule has 3 saturated heterocycles. The first-order valence-electron chi connectivity index (χ1n) is 11.0. The highest BCUT2D eigenvalue weighted by atomic mass is 16.7. The lowest BCUT2D eigenvalue weighted by atomic mass is 9.94. The van der Waals surface area contributed by atoms with E-state index in [4.69, 9.17) is 14.3 Å². The number of ether oxygens (including phenoxy) is 2. The van der Waals surface area contributed by atoms with Crippen molar-refractivity contribution in [1.29, 1.82) is 0 Å². The van der Waals surface area contributed by atoms with Gasteiger partial charge in [-0.3, -0.25) is 14.8 Å². The number of nitrogens with zero attached hydrogens (tertiary/aromatic N) is 3. The molecule has 31 heavy (non-hydrogen) atoms. The maximum absolute atomic E-state index is 11.7. The van der Waals surface area contributed by atoms with Gasteiger partial charge in [0.15, 0.2) is 6.23 Å². The van der Waals surface area contributed by atoms with Crippen LogP contribution in [-0.4, -0.2) is 59.3 Å². The van der Waals surface area contributed by atoms with Gasteiger partial charge < -0.3 is 14.4 Å². The van der Waals surface area contributed by atoms with Gasteiger partial charge in [0.05, 0.1) is 43.2 Å². The van der Waals surface area contributed by atoms with Crippen molar-refractivity contribution in [2.75, 3.05) is 26.8 Å². The van der Waals surface area contributed by atoms with E-state index in [-0.39, 0.29) is 30.1 Å². The van der Waals surface area contributed by atoms with Crippen LogP contribution in [0.15, 0.2) is 24.4 Å². The Kier molecular flexibility index (Phi) is 5.37. The van der Waals surface area contributed by atoms with Crippen molar-refractivity contribution < 1.29 is 19.1 Å². The van der Waals surface area contributed by atoms with E-state index in [9.17, 15) is 4.79 Å². The normalized spacial score (nSPS) is 29.0. The number of amides is 1. The van der Waals surface area contributed by atoms with E-state index in [1.807, 2.05) is 6.20 Å². The molecule has 2 N–H and O–H groups in total. The highest BCUT2D eigenvalue weighted by Crippen LogP contribution is 2.35. The minimum Gasteiger partial charge on any atom is -0.453 e. The van der Waals surface area contributed by atoms with Crippen LogP contribution in [0.3, 0.4) is 0 Å². The third kappa shape index (κ3) is 4.03. The van der Waals surface area contributed by atoms with Gasteiger partial charge in [-0.15, -0.1) is 0 Å². The van der Waals surface area contributed by atoms with Gasteiger partial charge in [0.1, 0.15) is 0 Å². The van der Waals surface area contributed by atoms with E-state index < -0.39 is 0 Å². The van der Waals surface area contributed by atoms with Crippen molar-refractivity contribution in [3.8, 4) is 0 Å². The van der Waals surface area contributed by atoms with Crippen LogP contribution < -0.4 is 10.8 Å². The van der Waals surface area contributed by atoms with Gasteiger partial charge in [0.2, 0.25) is 0 Å². The Bertz CT molecular complexity index is 953. The molecule has 9 heteroatoms. The molecule has 1 amide bonds. The Hall–Kier alpha value is -2.20. The van der Waals surface area contributed by atoms with Crippen LogP contribution in [0.5, 0.6) is 0 Å². The van der Waals surface area contributed by atoms with Crippen molar-refractivity contribution in [2.45, 2.75) is 57.1 Å². The minimum atomic E-state index is -0.249. The van der Waals surface area contributed by atoms with E-state index in [1.54, 1.807) is 4.90 Å². The number of rotatable bonds is 3. The van der Waals surface area contributed by atoms with E-state index in [2.05, 4.69) is 52.6 Å². The SMILES string of the molecule is COC(=O)N1CCC(C2NOC(c3ccc4cnn(C5COC(C)(C)C5)c4c3)N2)CC1. The molecule has 0 aliphatic carbocycles. The highest BCUT2D eigenvalue weighted by molar-refractivity contribution is 5.79. The molecule has 0 bridgehead atoms. The number of carbonyl (C=O) groups excluding carboxylic acids is 1. The Morgan fingerprint density at radius 2 is 2.10 bits per heavy atom. The summed E-state index contributed by atoms with van der Waals surface area (Å²) in [6.45, 7) is 6.34. The molecule has 0 saturated carbocycles. The largest absolute Gasteiger partial charge is 0.453 e. The summed E-state index contributed by atoms with van der Waals surface area (Å²) in [6, 6.07) is 6.59.